The van der Waals surface area contributed by atoms with E-state index in [9.17, 15) is 19.5 Å². The highest BCUT2D eigenvalue weighted by molar-refractivity contribution is 5.70. The van der Waals surface area contributed by atoms with Crippen molar-refractivity contribution < 1.29 is 42.9 Å². The molecule has 0 N–H and O–H groups in total. The first-order valence-electron chi connectivity index (χ1n) is 28.7. The van der Waals surface area contributed by atoms with Gasteiger partial charge < -0.3 is 33.3 Å². The third-order valence-corrected chi connectivity index (χ3v) is 11.7. The lowest BCUT2D eigenvalue weighted by atomic mass is 10.1. The second-order valence-corrected chi connectivity index (χ2v) is 19.8. The van der Waals surface area contributed by atoms with Crippen LogP contribution >= 0.6 is 0 Å². The molecule has 9 nitrogen and oxygen atoms in total. The topological polar surface area (TPSA) is 111 Å². The van der Waals surface area contributed by atoms with Crippen LogP contribution in [0.4, 0.5) is 0 Å². The first-order valence-corrected chi connectivity index (χ1v) is 28.7. The van der Waals surface area contributed by atoms with Crippen LogP contribution in [-0.2, 0) is 33.3 Å². The predicted molar refractivity (Wildman–Crippen MR) is 306 cm³/mol. The van der Waals surface area contributed by atoms with Crippen LogP contribution in [0.25, 0.3) is 0 Å². The molecule has 0 aliphatic rings. The Labute approximate surface area is 447 Å². The number of carbonyl (C=O) groups is 3. The number of likely N-dealkylation sites (N-methyl/N-ethyl adjacent to an activating group) is 1. The van der Waals surface area contributed by atoms with Gasteiger partial charge in [-0.1, -0.05) is 212 Å². The minimum Gasteiger partial charge on any atom is -0.545 e. The largest absolute Gasteiger partial charge is 0.545 e. The molecule has 73 heavy (non-hydrogen) atoms. The zero-order valence-electron chi connectivity index (χ0n) is 47.0. The van der Waals surface area contributed by atoms with Crippen molar-refractivity contribution >= 4 is 17.9 Å². The number of hydrogen-bond donors (Lipinski definition) is 0. The van der Waals surface area contributed by atoms with Crippen LogP contribution in [0, 0.1) is 0 Å². The quantitative estimate of drug-likeness (QED) is 0.0195. The van der Waals surface area contributed by atoms with E-state index >= 15 is 0 Å². The van der Waals surface area contributed by atoms with Crippen LogP contribution in [0.2, 0.25) is 0 Å². The summed E-state index contributed by atoms with van der Waals surface area (Å²) in [4.78, 5) is 37.1. The van der Waals surface area contributed by atoms with Crippen molar-refractivity contribution in [3.8, 4) is 0 Å². The van der Waals surface area contributed by atoms with E-state index in [1.165, 1.54) is 44.9 Å². The van der Waals surface area contributed by atoms with E-state index in [2.05, 4.69) is 135 Å². The minimum absolute atomic E-state index is 0.140. The minimum atomic E-state index is -1.63. The molecule has 0 saturated heterocycles. The van der Waals surface area contributed by atoms with Crippen LogP contribution in [0.1, 0.15) is 206 Å². The van der Waals surface area contributed by atoms with E-state index in [1.54, 1.807) is 0 Å². The van der Waals surface area contributed by atoms with Gasteiger partial charge in [-0.2, -0.15) is 0 Å². The van der Waals surface area contributed by atoms with Crippen molar-refractivity contribution in [1.82, 2.24) is 0 Å². The number of hydrogen-bond acceptors (Lipinski definition) is 8. The summed E-state index contributed by atoms with van der Waals surface area (Å²) in [5, 5.41) is 11.7. The highest BCUT2D eigenvalue weighted by Crippen LogP contribution is 2.14. The molecular formula is C64H105NO8. The monoisotopic (exact) mass is 1020 g/mol. The molecule has 0 amide bonds. The number of unbranched alkanes of at least 4 members (excludes halogenated alkanes) is 16. The second-order valence-electron chi connectivity index (χ2n) is 19.8. The van der Waals surface area contributed by atoms with Gasteiger partial charge in [-0.05, 0) is 103 Å². The molecule has 0 aromatic rings. The number of carbonyl (C=O) groups excluding carboxylic acids is 3. The maximum atomic E-state index is 12.8. The molecule has 414 valence electrons. The maximum absolute atomic E-state index is 12.8. The second kappa shape index (κ2) is 54.0. The standard InChI is InChI=1S/C64H105NO8/c1-6-8-10-12-14-16-18-19-20-21-22-23-24-25-26-27-28-29-30-31-32-33-34-35-36-37-38-39-40-41-42-43-45-47-49-51-53-55-62(67)73-60(59-72-64(63(68)69)70-57-56-65(3,4)5)58-71-61(66)54-52-50-48-46-44-17-15-13-11-9-7-2/h8,10,13-16,19-20,22-23,25-26,28-29,31-32,34-35,37-38,60,64H,6-7,9,11-12,17-18,21,24,27,30,33,36,39-59H2,1-5H3/b10-8-,15-13-,16-14-,20-19-,23-22-,26-25-,29-28-,32-31-,35-34-,38-37-. The SMILES string of the molecule is CC/C=C\C/C=C\C/C=C\C/C=C\C/C=C\C/C=C\C/C=C\C/C=C\C/C=C\CCCCCCCCCCCC(=O)OC(COC(=O)CCCCCCC/C=C\CCCC)COC(OCC[N+](C)(C)C)C(=O)[O-]. The van der Waals surface area contributed by atoms with Crippen molar-refractivity contribution in [2.45, 2.75) is 219 Å². The summed E-state index contributed by atoms with van der Waals surface area (Å²) in [5.74, 6) is -2.32. The highest BCUT2D eigenvalue weighted by atomic mass is 16.7. The van der Waals surface area contributed by atoms with Crippen molar-refractivity contribution in [3.05, 3.63) is 122 Å². The number of carboxylic acid groups (broad SMARTS) is 1. The van der Waals surface area contributed by atoms with Gasteiger partial charge in [-0.15, -0.1) is 0 Å². The van der Waals surface area contributed by atoms with Crippen molar-refractivity contribution in [2.24, 2.45) is 0 Å². The van der Waals surface area contributed by atoms with E-state index in [0.717, 1.165) is 128 Å². The molecule has 0 heterocycles. The van der Waals surface area contributed by atoms with Crippen LogP contribution in [-0.4, -0.2) is 82.3 Å². The molecule has 0 aromatic carbocycles. The Morgan fingerprint density at radius 3 is 1.18 bits per heavy atom. The van der Waals surface area contributed by atoms with Gasteiger partial charge in [0.1, 0.15) is 13.2 Å². The Kier molecular flexibility index (Phi) is 50.8. The van der Waals surface area contributed by atoms with Crippen LogP contribution in [0.15, 0.2) is 122 Å². The summed E-state index contributed by atoms with van der Waals surface area (Å²) < 4.78 is 22.6. The van der Waals surface area contributed by atoms with Crippen LogP contribution in [0.5, 0.6) is 0 Å². The molecule has 0 fully saturated rings. The summed E-state index contributed by atoms with van der Waals surface area (Å²) in [6.07, 6.45) is 72.6. The molecule has 0 saturated carbocycles. The number of carboxylic acids is 1. The number of esters is 2. The lowest BCUT2D eigenvalue weighted by Gasteiger charge is -2.26. The first kappa shape index (κ1) is 68.7. The number of nitrogens with zero attached hydrogens (tertiary/aromatic N) is 1. The van der Waals surface area contributed by atoms with Crippen LogP contribution in [0.3, 0.4) is 0 Å². The van der Waals surface area contributed by atoms with Gasteiger partial charge in [0.25, 0.3) is 0 Å². The third-order valence-electron chi connectivity index (χ3n) is 11.7. The zero-order valence-corrected chi connectivity index (χ0v) is 47.0. The lowest BCUT2D eigenvalue weighted by molar-refractivity contribution is -0.870. The summed E-state index contributed by atoms with van der Waals surface area (Å²) >= 11 is 0. The number of allylic oxidation sites excluding steroid dienone is 20. The average Bonchev–Trinajstić information content (AvgIpc) is 3.36. The Bertz CT molecular complexity index is 1610. The lowest BCUT2D eigenvalue weighted by Crippen LogP contribution is -2.44. The molecule has 0 aliphatic carbocycles. The maximum Gasteiger partial charge on any atom is 0.306 e. The summed E-state index contributed by atoms with van der Waals surface area (Å²) in [5.41, 5.74) is 0. The molecular weight excluding hydrogens is 911 g/mol. The van der Waals surface area contributed by atoms with E-state index in [-0.39, 0.29) is 38.6 Å². The highest BCUT2D eigenvalue weighted by Gasteiger charge is 2.22. The van der Waals surface area contributed by atoms with E-state index in [4.69, 9.17) is 18.9 Å². The Balaban J connectivity index is 4.16. The van der Waals surface area contributed by atoms with E-state index < -0.39 is 24.3 Å². The van der Waals surface area contributed by atoms with Gasteiger partial charge in [-0.25, -0.2) is 0 Å². The fourth-order valence-electron chi connectivity index (χ4n) is 7.27. The fraction of sp³-hybridized carbons (Fsp3) is 0.641. The molecule has 0 aliphatic heterocycles. The number of rotatable bonds is 51. The molecule has 9 heteroatoms. The third kappa shape index (κ3) is 55.3. The molecule has 2 atom stereocenters. The average molecular weight is 1020 g/mol. The number of quaternary nitrogens is 1. The van der Waals surface area contributed by atoms with Crippen molar-refractivity contribution in [2.75, 3.05) is 47.5 Å². The van der Waals surface area contributed by atoms with Gasteiger partial charge in [0.05, 0.1) is 40.3 Å². The van der Waals surface area contributed by atoms with Gasteiger partial charge in [-0.3, -0.25) is 9.59 Å². The molecule has 0 spiro atoms. The number of ether oxygens (including phenoxy) is 4. The van der Waals surface area contributed by atoms with Crippen LogP contribution < -0.4 is 5.11 Å². The van der Waals surface area contributed by atoms with E-state index in [1.807, 2.05) is 21.1 Å². The molecule has 0 radical (unpaired) electrons. The molecule has 0 aromatic heterocycles. The summed E-state index contributed by atoms with van der Waals surface area (Å²) in [7, 11) is 5.90. The normalized spacial score (nSPS) is 13.7. The fourth-order valence-corrected chi connectivity index (χ4v) is 7.27. The Hall–Kier alpha value is -4.31. The molecule has 0 rings (SSSR count). The summed E-state index contributed by atoms with van der Waals surface area (Å²) in [6, 6.07) is 0. The van der Waals surface area contributed by atoms with E-state index in [0.29, 0.717) is 17.4 Å². The van der Waals surface area contributed by atoms with Gasteiger partial charge in [0.15, 0.2) is 12.4 Å². The Morgan fingerprint density at radius 2 is 0.781 bits per heavy atom. The van der Waals surface area contributed by atoms with Gasteiger partial charge >= 0.3 is 11.9 Å². The zero-order chi connectivity index (χ0) is 53.4. The Morgan fingerprint density at radius 1 is 0.425 bits per heavy atom. The van der Waals surface area contributed by atoms with Gasteiger partial charge in [0.2, 0.25) is 0 Å². The molecule has 2 unspecified atom stereocenters. The smallest absolute Gasteiger partial charge is 0.306 e. The van der Waals surface area contributed by atoms with Gasteiger partial charge in [0, 0.05) is 12.8 Å². The number of aliphatic carboxylic acids is 1. The summed E-state index contributed by atoms with van der Waals surface area (Å²) in [6.45, 7) is 4.55. The van der Waals surface area contributed by atoms with Crippen molar-refractivity contribution in [1.29, 1.82) is 0 Å². The van der Waals surface area contributed by atoms with Crippen molar-refractivity contribution in [3.63, 3.8) is 0 Å². The first-order chi connectivity index (χ1) is 35.6. The predicted octanol–water partition coefficient (Wildman–Crippen LogP) is 15.6. The molecule has 0 bridgehead atoms.